The Kier molecular flexibility index (Phi) is 9.47. The van der Waals surface area contributed by atoms with Crippen molar-refractivity contribution in [3.63, 3.8) is 0 Å². The average Bonchev–Trinajstić information content (AvgIpc) is 2.32. The molecule has 0 saturated carbocycles. The van der Waals surface area contributed by atoms with Gasteiger partial charge in [0.2, 0.25) is 0 Å². The summed E-state index contributed by atoms with van der Waals surface area (Å²) in [5, 5.41) is 0. The Hall–Kier alpha value is 0.269. The fraction of sp³-hybridized carbons (Fsp3) is 0.923. The summed E-state index contributed by atoms with van der Waals surface area (Å²) in [6.45, 7) is 8.74. The fourth-order valence-corrected chi connectivity index (χ4v) is 11.0. The van der Waals surface area contributed by atoms with Gasteiger partial charge in [-0.25, -0.2) is 0 Å². The maximum absolute atomic E-state index is 11.7. The van der Waals surface area contributed by atoms with Crippen molar-refractivity contribution < 1.29 is 7.87 Å². The quantitative estimate of drug-likeness (QED) is 0.580. The molecule has 0 aromatic heterocycles. The first-order chi connectivity index (χ1) is 7.64. The summed E-state index contributed by atoms with van der Waals surface area (Å²) in [7, 11) is 0. The van der Waals surface area contributed by atoms with E-state index in [1.54, 1.807) is 0 Å². The van der Waals surface area contributed by atoms with Crippen LogP contribution in [0.2, 0.25) is 13.3 Å². The second kappa shape index (κ2) is 9.31. The van der Waals surface area contributed by atoms with Crippen molar-refractivity contribution in [2.24, 2.45) is 0 Å². The third-order valence-electron chi connectivity index (χ3n) is 3.34. The average molecular weight is 335 g/mol. The number of carbonyl (C=O) groups is 1. The van der Waals surface area contributed by atoms with Gasteiger partial charge in [-0.05, 0) is 0 Å². The normalized spacial score (nSPS) is 11.5. The van der Waals surface area contributed by atoms with Gasteiger partial charge in [-0.1, -0.05) is 0 Å². The zero-order chi connectivity index (χ0) is 12.4. The van der Waals surface area contributed by atoms with E-state index in [-0.39, 0.29) is 5.97 Å². The molecule has 0 aromatic carbocycles. The summed E-state index contributed by atoms with van der Waals surface area (Å²) in [5.74, 6) is 0.0810. The van der Waals surface area contributed by atoms with E-state index in [4.69, 9.17) is 3.07 Å². The first-order valence-corrected chi connectivity index (χ1v) is 14.1. The Bertz CT molecular complexity index is 188. The van der Waals surface area contributed by atoms with E-state index in [1.807, 2.05) is 0 Å². The second-order valence-electron chi connectivity index (χ2n) is 4.57. The van der Waals surface area contributed by atoms with E-state index >= 15 is 0 Å². The van der Waals surface area contributed by atoms with Gasteiger partial charge in [0.15, 0.2) is 0 Å². The number of hydrogen-bond donors (Lipinski definition) is 0. The van der Waals surface area contributed by atoms with Gasteiger partial charge in [0.05, 0.1) is 0 Å². The van der Waals surface area contributed by atoms with Crippen LogP contribution in [0.5, 0.6) is 0 Å². The fourth-order valence-electron chi connectivity index (χ4n) is 1.91. The van der Waals surface area contributed by atoms with Crippen molar-refractivity contribution in [2.45, 2.75) is 73.1 Å². The zero-order valence-electron chi connectivity index (χ0n) is 11.5. The molecule has 3 heteroatoms. The molecule has 0 rings (SSSR count). The van der Waals surface area contributed by atoms with E-state index in [9.17, 15) is 4.79 Å². The third kappa shape index (κ3) is 6.11. The number of rotatable bonds is 9. The van der Waals surface area contributed by atoms with Crippen LogP contribution < -0.4 is 0 Å². The Morgan fingerprint density at radius 1 is 1.00 bits per heavy atom. The third-order valence-corrected chi connectivity index (χ3v) is 16.2. The second-order valence-corrected chi connectivity index (χ2v) is 17.4. The van der Waals surface area contributed by atoms with Crippen molar-refractivity contribution in [3.8, 4) is 0 Å². The van der Waals surface area contributed by atoms with Crippen LogP contribution >= 0.6 is 0 Å². The molecule has 0 radical (unpaired) electrons. The van der Waals surface area contributed by atoms with Gasteiger partial charge in [-0.15, -0.1) is 0 Å². The topological polar surface area (TPSA) is 26.3 Å². The maximum atomic E-state index is 11.7. The Balaban J connectivity index is 4.23. The van der Waals surface area contributed by atoms with Crippen molar-refractivity contribution in [3.05, 3.63) is 0 Å². The predicted octanol–water partition coefficient (Wildman–Crippen LogP) is 4.51. The molecule has 0 bridgehead atoms. The minimum absolute atomic E-state index is 0.0810. The molecular weight excluding hydrogens is 307 g/mol. The van der Waals surface area contributed by atoms with Gasteiger partial charge in [-0.2, -0.15) is 0 Å². The predicted molar refractivity (Wildman–Crippen MR) is 72.0 cm³/mol. The van der Waals surface area contributed by atoms with Crippen LogP contribution in [0.4, 0.5) is 0 Å². The first-order valence-electron chi connectivity index (χ1n) is 6.86. The Morgan fingerprint density at radius 2 is 1.56 bits per heavy atom. The van der Waals surface area contributed by atoms with Crippen molar-refractivity contribution in [1.82, 2.24) is 0 Å². The van der Waals surface area contributed by atoms with Crippen molar-refractivity contribution >= 4 is 24.8 Å². The summed E-state index contributed by atoms with van der Waals surface area (Å²) in [6.07, 6.45) is 5.12. The van der Waals surface area contributed by atoms with Crippen LogP contribution in [0, 0.1) is 0 Å². The van der Waals surface area contributed by atoms with Crippen LogP contribution in [0.3, 0.4) is 0 Å². The van der Waals surface area contributed by atoms with Crippen LogP contribution in [0.25, 0.3) is 0 Å². The number of unbranched alkanes of at least 4 members (excludes halogenated alkanes) is 2. The van der Waals surface area contributed by atoms with Gasteiger partial charge in [0, 0.05) is 0 Å². The molecule has 0 unspecified atom stereocenters. The van der Waals surface area contributed by atoms with Crippen LogP contribution in [-0.2, 0) is 7.87 Å². The summed E-state index contributed by atoms with van der Waals surface area (Å²) < 4.78 is 9.41. The molecule has 2 nitrogen and oxygen atoms in total. The molecule has 96 valence electrons. The molecule has 16 heavy (non-hydrogen) atoms. The van der Waals surface area contributed by atoms with Gasteiger partial charge in [0.1, 0.15) is 0 Å². The molecule has 0 aliphatic heterocycles. The zero-order valence-corrected chi connectivity index (χ0v) is 14.3. The molecule has 0 aromatic rings. The van der Waals surface area contributed by atoms with Crippen molar-refractivity contribution in [2.75, 3.05) is 0 Å². The molecule has 0 saturated heterocycles. The molecule has 0 N–H and O–H groups in total. The van der Waals surface area contributed by atoms with E-state index in [1.165, 1.54) is 17.3 Å². The summed E-state index contributed by atoms with van der Waals surface area (Å²) >= 11 is -2.51. The van der Waals surface area contributed by atoms with Gasteiger partial charge < -0.3 is 0 Å². The Labute approximate surface area is 106 Å². The summed E-state index contributed by atoms with van der Waals surface area (Å²) in [5.41, 5.74) is 0. The molecule has 0 fully saturated rings. The number of carbonyl (C=O) groups excluding carboxylic acids is 1. The SMILES string of the molecule is CCCCC(=O)[O][Sn]([CH2]C)([CH2]C)[CH2]CCC. The summed E-state index contributed by atoms with van der Waals surface area (Å²) in [6, 6.07) is 0. The van der Waals surface area contributed by atoms with Gasteiger partial charge >= 0.3 is 106 Å². The van der Waals surface area contributed by atoms with Crippen LogP contribution in [0.15, 0.2) is 0 Å². The monoisotopic (exact) mass is 336 g/mol. The van der Waals surface area contributed by atoms with E-state index in [2.05, 4.69) is 27.7 Å². The standard InChI is InChI=1S/C5H10O2.C4H9.2C2H5.Sn/c1-2-3-4-5(6)7;1-3-4-2;2*1-2;/h2-4H2,1H3,(H,6,7);1,3-4H2,2H3;2*1H2,2H3;/q;;;;+1/p-1. The first kappa shape index (κ1) is 16.3. The van der Waals surface area contributed by atoms with Crippen LogP contribution in [0.1, 0.15) is 59.8 Å². The molecule has 0 aliphatic carbocycles. The molecule has 0 heterocycles. The van der Waals surface area contributed by atoms with Gasteiger partial charge in [0.25, 0.3) is 0 Å². The summed E-state index contributed by atoms with van der Waals surface area (Å²) in [4.78, 5) is 11.7. The molecule has 0 spiro atoms. The van der Waals surface area contributed by atoms with Crippen molar-refractivity contribution in [1.29, 1.82) is 0 Å². The molecule has 0 amide bonds. The van der Waals surface area contributed by atoms with Gasteiger partial charge in [-0.3, -0.25) is 0 Å². The number of hydrogen-bond acceptors (Lipinski definition) is 2. The molecular formula is C13H28O2Sn. The molecule has 0 aliphatic rings. The Morgan fingerprint density at radius 3 is 2.00 bits per heavy atom. The minimum atomic E-state index is -2.51. The van der Waals surface area contributed by atoms with Crippen LogP contribution in [-0.4, -0.2) is 24.8 Å². The van der Waals surface area contributed by atoms with E-state index < -0.39 is 18.8 Å². The van der Waals surface area contributed by atoms with E-state index in [0.717, 1.165) is 21.7 Å². The molecule has 0 atom stereocenters. The van der Waals surface area contributed by atoms with E-state index in [0.29, 0.717) is 6.42 Å².